The zero-order chi connectivity index (χ0) is 14.3. The molecule has 106 valence electrons. The minimum atomic E-state index is -0.406. The van der Waals surface area contributed by atoms with E-state index >= 15 is 0 Å². The molecule has 0 aliphatic carbocycles. The van der Waals surface area contributed by atoms with Crippen LogP contribution in [0.1, 0.15) is 19.4 Å². The zero-order valence-corrected chi connectivity index (χ0v) is 12.4. The Balaban J connectivity index is 2.33. The zero-order valence-electron chi connectivity index (χ0n) is 11.6. The fourth-order valence-corrected chi connectivity index (χ4v) is 2.18. The summed E-state index contributed by atoms with van der Waals surface area (Å²) in [5.41, 5.74) is 1.00. The second-order valence-electron chi connectivity index (χ2n) is 4.38. The Hall–Kier alpha value is -1.20. The topological polar surface area (TPSA) is 58.6 Å². The molecule has 0 saturated carbocycles. The number of carbonyl (C=O) groups is 1. The fraction of sp³-hybridized carbons (Fsp3) is 0.500. The van der Waals surface area contributed by atoms with E-state index in [1.807, 2.05) is 31.2 Å². The average molecular weight is 283 g/mol. The Morgan fingerprint density at radius 2 is 2.21 bits per heavy atom. The lowest BCUT2D eigenvalue weighted by atomic mass is 10.2. The van der Waals surface area contributed by atoms with Crippen LogP contribution in [-0.4, -0.2) is 35.2 Å². The monoisotopic (exact) mass is 283 g/mol. The van der Waals surface area contributed by atoms with Crippen molar-refractivity contribution in [2.75, 3.05) is 12.9 Å². The van der Waals surface area contributed by atoms with E-state index in [2.05, 4.69) is 5.32 Å². The highest BCUT2D eigenvalue weighted by molar-refractivity contribution is 8.00. The number of hydrogen-bond acceptors (Lipinski definition) is 4. The number of hydrogen-bond donors (Lipinski definition) is 2. The van der Waals surface area contributed by atoms with Gasteiger partial charge in [0.15, 0.2) is 0 Å². The van der Waals surface area contributed by atoms with Gasteiger partial charge in [-0.2, -0.15) is 0 Å². The lowest BCUT2D eigenvalue weighted by molar-refractivity contribution is -0.118. The molecule has 0 bridgehead atoms. The first kappa shape index (κ1) is 15.9. The largest absolute Gasteiger partial charge is 0.497 e. The van der Waals surface area contributed by atoms with Gasteiger partial charge < -0.3 is 15.2 Å². The van der Waals surface area contributed by atoms with Gasteiger partial charge in [-0.3, -0.25) is 4.79 Å². The molecule has 2 atom stereocenters. The Bertz CT molecular complexity index is 409. The Kier molecular flexibility index (Phi) is 6.73. The highest BCUT2D eigenvalue weighted by Crippen LogP contribution is 2.14. The van der Waals surface area contributed by atoms with Gasteiger partial charge in [0.2, 0.25) is 5.91 Å². The van der Waals surface area contributed by atoms with Crippen LogP contribution in [0.4, 0.5) is 0 Å². The van der Waals surface area contributed by atoms with E-state index in [4.69, 9.17) is 4.74 Å². The number of carbonyl (C=O) groups excluding carboxylic acids is 1. The molecule has 0 aliphatic rings. The quantitative estimate of drug-likeness (QED) is 0.801. The van der Waals surface area contributed by atoms with Crippen molar-refractivity contribution in [2.24, 2.45) is 0 Å². The van der Waals surface area contributed by atoms with E-state index in [-0.39, 0.29) is 11.2 Å². The number of aliphatic hydroxyl groups is 1. The first-order valence-electron chi connectivity index (χ1n) is 6.22. The van der Waals surface area contributed by atoms with Gasteiger partial charge >= 0.3 is 0 Å². The molecule has 1 amide bonds. The van der Waals surface area contributed by atoms with Crippen LogP contribution in [0.3, 0.4) is 0 Å². The van der Waals surface area contributed by atoms with Gasteiger partial charge in [0.05, 0.1) is 19.0 Å². The SMILES string of the molecule is COc1cccc(CNC(=O)CSC(C)C(C)O)c1. The van der Waals surface area contributed by atoms with E-state index in [1.54, 1.807) is 14.0 Å². The second kappa shape index (κ2) is 8.07. The lowest BCUT2D eigenvalue weighted by Gasteiger charge is -2.13. The summed E-state index contributed by atoms with van der Waals surface area (Å²) in [6.45, 7) is 4.12. The molecule has 5 heteroatoms. The summed E-state index contributed by atoms with van der Waals surface area (Å²) in [5, 5.41) is 12.2. The number of amides is 1. The van der Waals surface area contributed by atoms with Crippen molar-refractivity contribution in [1.82, 2.24) is 5.32 Å². The van der Waals surface area contributed by atoms with Crippen molar-refractivity contribution in [1.29, 1.82) is 0 Å². The van der Waals surface area contributed by atoms with Gasteiger partial charge in [0.1, 0.15) is 5.75 Å². The van der Waals surface area contributed by atoms with E-state index in [0.29, 0.717) is 12.3 Å². The first-order chi connectivity index (χ1) is 9.02. The molecule has 2 unspecified atom stereocenters. The van der Waals surface area contributed by atoms with Crippen LogP contribution in [0.5, 0.6) is 5.75 Å². The van der Waals surface area contributed by atoms with Crippen molar-refractivity contribution >= 4 is 17.7 Å². The van der Waals surface area contributed by atoms with Crippen LogP contribution in [0.15, 0.2) is 24.3 Å². The highest BCUT2D eigenvalue weighted by atomic mass is 32.2. The molecule has 0 radical (unpaired) electrons. The molecule has 0 fully saturated rings. The molecule has 0 aromatic heterocycles. The van der Waals surface area contributed by atoms with Gasteiger partial charge in [-0.15, -0.1) is 11.8 Å². The van der Waals surface area contributed by atoms with Crippen LogP contribution in [-0.2, 0) is 11.3 Å². The Labute approximate surface area is 118 Å². The molecule has 4 nitrogen and oxygen atoms in total. The number of rotatable bonds is 7. The van der Waals surface area contributed by atoms with Crippen LogP contribution in [0.2, 0.25) is 0 Å². The van der Waals surface area contributed by atoms with Crippen molar-refractivity contribution < 1.29 is 14.6 Å². The molecule has 0 heterocycles. The molecular formula is C14H21NO3S. The van der Waals surface area contributed by atoms with E-state index in [1.165, 1.54) is 11.8 Å². The molecule has 1 aromatic carbocycles. The van der Waals surface area contributed by atoms with E-state index in [0.717, 1.165) is 11.3 Å². The van der Waals surface area contributed by atoms with Gasteiger partial charge in [0, 0.05) is 11.8 Å². The second-order valence-corrected chi connectivity index (χ2v) is 5.75. The molecule has 1 rings (SSSR count). The Morgan fingerprint density at radius 3 is 2.84 bits per heavy atom. The predicted octanol–water partition coefficient (Wildman–Crippen LogP) is 1.81. The third kappa shape index (κ3) is 5.98. The molecule has 1 aromatic rings. The van der Waals surface area contributed by atoms with Crippen molar-refractivity contribution in [2.45, 2.75) is 31.7 Å². The van der Waals surface area contributed by atoms with Gasteiger partial charge in [-0.1, -0.05) is 19.1 Å². The molecule has 0 saturated heterocycles. The number of thioether (sulfide) groups is 1. The average Bonchev–Trinajstić information content (AvgIpc) is 2.42. The maximum absolute atomic E-state index is 11.7. The summed E-state index contributed by atoms with van der Waals surface area (Å²) < 4.78 is 5.12. The number of nitrogens with one attached hydrogen (secondary N) is 1. The molecule has 19 heavy (non-hydrogen) atoms. The molecule has 2 N–H and O–H groups in total. The third-order valence-corrected chi connectivity index (χ3v) is 4.13. The summed E-state index contributed by atoms with van der Waals surface area (Å²) in [5.74, 6) is 1.11. The summed E-state index contributed by atoms with van der Waals surface area (Å²) in [6, 6.07) is 7.59. The Morgan fingerprint density at radius 1 is 1.47 bits per heavy atom. The van der Waals surface area contributed by atoms with Crippen molar-refractivity contribution in [3.8, 4) is 5.75 Å². The third-order valence-electron chi connectivity index (χ3n) is 2.78. The maximum atomic E-state index is 11.7. The van der Waals surface area contributed by atoms with Crippen molar-refractivity contribution in [3.63, 3.8) is 0 Å². The molecule has 0 aliphatic heterocycles. The van der Waals surface area contributed by atoms with E-state index in [9.17, 15) is 9.90 Å². The van der Waals surface area contributed by atoms with Gasteiger partial charge in [-0.25, -0.2) is 0 Å². The minimum absolute atomic E-state index is 0.0275. The van der Waals surface area contributed by atoms with Crippen LogP contribution >= 0.6 is 11.8 Å². The van der Waals surface area contributed by atoms with Crippen LogP contribution in [0.25, 0.3) is 0 Å². The molecule has 0 spiro atoms. The standard InChI is InChI=1S/C14H21NO3S/c1-10(16)11(2)19-9-14(17)15-8-12-5-4-6-13(7-12)18-3/h4-7,10-11,16H,8-9H2,1-3H3,(H,15,17). The lowest BCUT2D eigenvalue weighted by Crippen LogP contribution is -2.26. The highest BCUT2D eigenvalue weighted by Gasteiger charge is 2.11. The summed E-state index contributed by atoms with van der Waals surface area (Å²) in [7, 11) is 1.62. The first-order valence-corrected chi connectivity index (χ1v) is 7.27. The summed E-state index contributed by atoms with van der Waals surface area (Å²) >= 11 is 1.45. The van der Waals surface area contributed by atoms with Crippen LogP contribution < -0.4 is 10.1 Å². The number of benzene rings is 1. The number of aliphatic hydroxyl groups excluding tert-OH is 1. The number of ether oxygens (including phenoxy) is 1. The van der Waals surface area contributed by atoms with Crippen LogP contribution in [0, 0.1) is 0 Å². The normalized spacial score (nSPS) is 13.7. The van der Waals surface area contributed by atoms with Gasteiger partial charge in [0.25, 0.3) is 0 Å². The van der Waals surface area contributed by atoms with Gasteiger partial charge in [-0.05, 0) is 24.6 Å². The van der Waals surface area contributed by atoms with Crippen molar-refractivity contribution in [3.05, 3.63) is 29.8 Å². The van der Waals surface area contributed by atoms with E-state index < -0.39 is 6.10 Å². The summed E-state index contributed by atoms with van der Waals surface area (Å²) in [6.07, 6.45) is -0.406. The summed E-state index contributed by atoms with van der Waals surface area (Å²) in [4.78, 5) is 11.7. The molecular weight excluding hydrogens is 262 g/mol. The fourth-order valence-electron chi connectivity index (χ4n) is 1.38. The predicted molar refractivity (Wildman–Crippen MR) is 78.4 cm³/mol. The smallest absolute Gasteiger partial charge is 0.230 e. The number of methoxy groups -OCH3 is 1. The maximum Gasteiger partial charge on any atom is 0.230 e. The minimum Gasteiger partial charge on any atom is -0.497 e.